The summed E-state index contributed by atoms with van der Waals surface area (Å²) < 4.78 is 5.73. The van der Waals surface area contributed by atoms with Gasteiger partial charge in [-0.25, -0.2) is 0 Å². The third kappa shape index (κ3) is 5.72. The van der Waals surface area contributed by atoms with Crippen molar-refractivity contribution in [1.29, 1.82) is 0 Å². The van der Waals surface area contributed by atoms with Gasteiger partial charge in [-0.2, -0.15) is 0 Å². The second kappa shape index (κ2) is 8.14. The largest absolute Gasteiger partial charge is 0.492 e. The van der Waals surface area contributed by atoms with Crippen LogP contribution in [-0.4, -0.2) is 19.2 Å². The van der Waals surface area contributed by atoms with Gasteiger partial charge in [-0.15, -0.1) is 0 Å². The van der Waals surface area contributed by atoms with Crippen molar-refractivity contribution in [3.8, 4) is 17.6 Å². The highest BCUT2D eigenvalue weighted by molar-refractivity contribution is 5.33. The van der Waals surface area contributed by atoms with Gasteiger partial charge in [0.15, 0.2) is 0 Å². The normalized spacial score (nSPS) is 11.3. The van der Waals surface area contributed by atoms with Gasteiger partial charge in [0.1, 0.15) is 12.4 Å². The quantitative estimate of drug-likeness (QED) is 0.847. The first-order chi connectivity index (χ1) is 10.2. The molecule has 0 spiro atoms. The molecule has 0 bridgehead atoms. The monoisotopic (exact) mass is 279 g/mol. The summed E-state index contributed by atoms with van der Waals surface area (Å²) in [6.45, 7) is 5.46. The van der Waals surface area contributed by atoms with Gasteiger partial charge in [-0.1, -0.05) is 47.7 Å². The summed E-state index contributed by atoms with van der Waals surface area (Å²) >= 11 is 0. The van der Waals surface area contributed by atoms with E-state index in [9.17, 15) is 0 Å². The van der Waals surface area contributed by atoms with Crippen LogP contribution in [0.3, 0.4) is 0 Å². The molecular weight excluding hydrogens is 258 g/mol. The average Bonchev–Trinajstić information content (AvgIpc) is 2.52. The smallest absolute Gasteiger partial charge is 0.119 e. The molecule has 108 valence electrons. The number of aryl methyl sites for hydroxylation is 1. The van der Waals surface area contributed by atoms with E-state index in [1.54, 1.807) is 0 Å². The molecule has 0 heterocycles. The summed E-state index contributed by atoms with van der Waals surface area (Å²) in [7, 11) is 0. The molecule has 1 atom stereocenters. The van der Waals surface area contributed by atoms with E-state index in [2.05, 4.69) is 43.1 Å². The van der Waals surface area contributed by atoms with Crippen molar-refractivity contribution in [2.24, 2.45) is 0 Å². The van der Waals surface area contributed by atoms with E-state index in [1.165, 1.54) is 5.56 Å². The van der Waals surface area contributed by atoms with Gasteiger partial charge in [0.05, 0.1) is 6.54 Å². The average molecular weight is 279 g/mol. The fourth-order valence-electron chi connectivity index (χ4n) is 1.81. The SMILES string of the molecule is Cc1ccc(OCC(C)NCC#Cc2ccccc2)cc1. The maximum atomic E-state index is 5.73. The standard InChI is InChI=1S/C19H21NO/c1-16-10-12-19(13-11-16)21-15-17(2)20-14-6-9-18-7-4-3-5-8-18/h3-5,7-8,10-13,17,20H,14-15H2,1-2H3. The number of hydrogen-bond acceptors (Lipinski definition) is 2. The minimum absolute atomic E-state index is 0.261. The summed E-state index contributed by atoms with van der Waals surface area (Å²) in [5.41, 5.74) is 2.28. The highest BCUT2D eigenvalue weighted by Gasteiger charge is 2.01. The lowest BCUT2D eigenvalue weighted by Gasteiger charge is -2.13. The van der Waals surface area contributed by atoms with Crippen molar-refractivity contribution >= 4 is 0 Å². The summed E-state index contributed by atoms with van der Waals surface area (Å²) in [4.78, 5) is 0. The Kier molecular flexibility index (Phi) is 5.87. The van der Waals surface area contributed by atoms with Crippen LogP contribution in [0.4, 0.5) is 0 Å². The van der Waals surface area contributed by atoms with Gasteiger partial charge in [-0.05, 0) is 38.1 Å². The lowest BCUT2D eigenvalue weighted by Crippen LogP contribution is -2.32. The molecule has 0 fully saturated rings. The molecular formula is C19H21NO. The molecule has 2 nitrogen and oxygen atoms in total. The summed E-state index contributed by atoms with van der Waals surface area (Å²) in [6, 6.07) is 18.4. The molecule has 0 aliphatic carbocycles. The second-order valence-corrected chi connectivity index (χ2v) is 5.07. The molecule has 2 rings (SSSR count). The van der Waals surface area contributed by atoms with Gasteiger partial charge in [0, 0.05) is 11.6 Å². The van der Waals surface area contributed by atoms with Crippen molar-refractivity contribution in [3.05, 3.63) is 65.7 Å². The van der Waals surface area contributed by atoms with Gasteiger partial charge < -0.3 is 10.1 Å². The van der Waals surface area contributed by atoms with Crippen LogP contribution in [0.25, 0.3) is 0 Å². The molecule has 0 amide bonds. The molecule has 1 N–H and O–H groups in total. The minimum Gasteiger partial charge on any atom is -0.492 e. The van der Waals surface area contributed by atoms with E-state index in [4.69, 9.17) is 4.74 Å². The van der Waals surface area contributed by atoms with Crippen LogP contribution in [0.2, 0.25) is 0 Å². The van der Waals surface area contributed by atoms with Crippen molar-refractivity contribution in [1.82, 2.24) is 5.32 Å². The summed E-state index contributed by atoms with van der Waals surface area (Å²) in [5, 5.41) is 3.34. The fraction of sp³-hybridized carbons (Fsp3) is 0.263. The van der Waals surface area contributed by atoms with Crippen LogP contribution >= 0.6 is 0 Å². The summed E-state index contributed by atoms with van der Waals surface area (Å²) in [5.74, 6) is 7.16. The van der Waals surface area contributed by atoms with Crippen LogP contribution in [0.1, 0.15) is 18.1 Å². The fourth-order valence-corrected chi connectivity index (χ4v) is 1.81. The number of nitrogens with one attached hydrogen (secondary N) is 1. The zero-order valence-electron chi connectivity index (χ0n) is 12.6. The molecule has 0 aliphatic rings. The van der Waals surface area contributed by atoms with Crippen molar-refractivity contribution in [3.63, 3.8) is 0 Å². The van der Waals surface area contributed by atoms with Gasteiger partial charge in [-0.3, -0.25) is 0 Å². The number of benzene rings is 2. The van der Waals surface area contributed by atoms with Crippen LogP contribution in [0, 0.1) is 18.8 Å². The lowest BCUT2D eigenvalue weighted by molar-refractivity contribution is 0.277. The van der Waals surface area contributed by atoms with Gasteiger partial charge in [0.2, 0.25) is 0 Å². The third-order valence-electron chi connectivity index (χ3n) is 3.07. The highest BCUT2D eigenvalue weighted by atomic mass is 16.5. The van der Waals surface area contributed by atoms with Crippen LogP contribution in [0.5, 0.6) is 5.75 Å². The Morgan fingerprint density at radius 1 is 1.05 bits per heavy atom. The molecule has 0 saturated heterocycles. The minimum atomic E-state index is 0.261. The molecule has 21 heavy (non-hydrogen) atoms. The molecule has 2 aromatic carbocycles. The Labute approximate surface area is 127 Å². The zero-order chi connectivity index (χ0) is 14.9. The predicted octanol–water partition coefficient (Wildman–Crippen LogP) is 3.40. The Hall–Kier alpha value is -2.24. The first kappa shape index (κ1) is 15.2. The Morgan fingerprint density at radius 2 is 1.76 bits per heavy atom. The third-order valence-corrected chi connectivity index (χ3v) is 3.07. The van der Waals surface area contributed by atoms with Gasteiger partial charge >= 0.3 is 0 Å². The van der Waals surface area contributed by atoms with E-state index < -0.39 is 0 Å². The van der Waals surface area contributed by atoms with Crippen LogP contribution in [0.15, 0.2) is 54.6 Å². The molecule has 0 aromatic heterocycles. The van der Waals surface area contributed by atoms with E-state index in [0.717, 1.165) is 11.3 Å². The molecule has 2 heteroatoms. The van der Waals surface area contributed by atoms with E-state index >= 15 is 0 Å². The van der Waals surface area contributed by atoms with Crippen LogP contribution in [-0.2, 0) is 0 Å². The highest BCUT2D eigenvalue weighted by Crippen LogP contribution is 2.11. The number of ether oxygens (including phenoxy) is 1. The van der Waals surface area contributed by atoms with E-state index in [-0.39, 0.29) is 6.04 Å². The maximum absolute atomic E-state index is 5.73. The number of hydrogen-bond donors (Lipinski definition) is 1. The first-order valence-corrected chi connectivity index (χ1v) is 7.21. The maximum Gasteiger partial charge on any atom is 0.119 e. The Bertz CT molecular complexity index is 593. The van der Waals surface area contributed by atoms with Crippen molar-refractivity contribution in [2.45, 2.75) is 19.9 Å². The molecule has 0 radical (unpaired) electrons. The summed E-state index contributed by atoms with van der Waals surface area (Å²) in [6.07, 6.45) is 0. The Morgan fingerprint density at radius 3 is 2.48 bits per heavy atom. The lowest BCUT2D eigenvalue weighted by atomic mass is 10.2. The Balaban J connectivity index is 1.69. The topological polar surface area (TPSA) is 21.3 Å². The molecule has 0 aliphatic heterocycles. The van der Waals surface area contributed by atoms with Crippen LogP contribution < -0.4 is 10.1 Å². The predicted molar refractivity (Wildman–Crippen MR) is 87.5 cm³/mol. The van der Waals surface area contributed by atoms with Crippen molar-refractivity contribution in [2.75, 3.05) is 13.2 Å². The van der Waals surface area contributed by atoms with E-state index in [0.29, 0.717) is 13.2 Å². The zero-order valence-corrected chi connectivity index (χ0v) is 12.6. The first-order valence-electron chi connectivity index (χ1n) is 7.21. The van der Waals surface area contributed by atoms with Crippen molar-refractivity contribution < 1.29 is 4.74 Å². The van der Waals surface area contributed by atoms with Gasteiger partial charge in [0.25, 0.3) is 0 Å². The molecule has 1 unspecified atom stereocenters. The molecule has 0 saturated carbocycles. The molecule has 2 aromatic rings. The van der Waals surface area contributed by atoms with E-state index in [1.807, 2.05) is 42.5 Å². The second-order valence-electron chi connectivity index (χ2n) is 5.07. The number of rotatable bonds is 5.